The van der Waals surface area contributed by atoms with E-state index in [0.717, 1.165) is 5.01 Å². The monoisotopic (exact) mass is 279 g/mol. The van der Waals surface area contributed by atoms with E-state index in [0.29, 0.717) is 11.3 Å². The molecule has 9 nitrogen and oxygen atoms in total. The lowest BCUT2D eigenvalue weighted by Gasteiger charge is -2.30. The van der Waals surface area contributed by atoms with Crippen molar-refractivity contribution in [1.29, 1.82) is 0 Å². The summed E-state index contributed by atoms with van der Waals surface area (Å²) >= 11 is 0. The van der Waals surface area contributed by atoms with Gasteiger partial charge < -0.3 is 5.11 Å². The number of nitrogens with two attached hydrogens (primary N) is 1. The maximum Gasteiger partial charge on any atom is 0.354 e. The van der Waals surface area contributed by atoms with Gasteiger partial charge in [0.2, 0.25) is 0 Å². The van der Waals surface area contributed by atoms with E-state index in [9.17, 15) is 20.0 Å². The average molecular weight is 279 g/mol. The van der Waals surface area contributed by atoms with Crippen LogP contribution in [0.3, 0.4) is 0 Å². The van der Waals surface area contributed by atoms with Crippen molar-refractivity contribution in [2.24, 2.45) is 10.9 Å². The van der Waals surface area contributed by atoms with Gasteiger partial charge in [0.15, 0.2) is 5.72 Å². The molecule has 1 atom stereocenters. The molecule has 2 rings (SSSR count). The number of hydrazine groups is 1. The molecule has 0 aliphatic carbocycles. The third-order valence-electron chi connectivity index (χ3n) is 2.98. The van der Waals surface area contributed by atoms with Crippen LogP contribution in [-0.4, -0.2) is 26.8 Å². The number of carbonyl (C=O) groups excluding carboxylic acids is 1. The Labute approximate surface area is 113 Å². The van der Waals surface area contributed by atoms with Gasteiger partial charge in [-0.25, -0.2) is 10.6 Å². The standard InChI is InChI=1S/C11H13N5O4/c1-7-6-11(18,15(14-7)10(17)13-12)8-2-4-9(5-3-8)16(19)20/h2-5,18H,6,12H2,1H3,(H,13,17). The zero-order valence-electron chi connectivity index (χ0n) is 10.6. The number of urea groups is 1. The fraction of sp³-hybridized carbons (Fsp3) is 0.273. The molecule has 0 aromatic heterocycles. The maximum absolute atomic E-state index is 11.6. The third kappa shape index (κ3) is 2.19. The predicted molar refractivity (Wildman–Crippen MR) is 69.3 cm³/mol. The van der Waals surface area contributed by atoms with Gasteiger partial charge in [-0.1, -0.05) is 0 Å². The third-order valence-corrected chi connectivity index (χ3v) is 2.98. The molecule has 1 unspecified atom stereocenters. The second kappa shape index (κ2) is 4.87. The molecule has 0 spiro atoms. The molecular formula is C11H13N5O4. The van der Waals surface area contributed by atoms with Gasteiger partial charge in [0.05, 0.1) is 4.92 Å². The normalized spacial score (nSPS) is 21.6. The number of nitro groups is 1. The van der Waals surface area contributed by atoms with Crippen LogP contribution in [0, 0.1) is 10.1 Å². The Morgan fingerprint density at radius 3 is 2.65 bits per heavy atom. The molecule has 1 aliphatic heterocycles. The van der Waals surface area contributed by atoms with Crippen LogP contribution in [0.15, 0.2) is 29.4 Å². The minimum atomic E-state index is -1.71. The summed E-state index contributed by atoms with van der Waals surface area (Å²) in [4.78, 5) is 21.7. The molecule has 0 radical (unpaired) electrons. The lowest BCUT2D eigenvalue weighted by molar-refractivity contribution is -0.384. The fourth-order valence-electron chi connectivity index (χ4n) is 2.07. The number of nitrogens with one attached hydrogen (secondary N) is 1. The number of hydrazone groups is 1. The number of carbonyl (C=O) groups is 1. The van der Waals surface area contributed by atoms with Crippen LogP contribution in [0.1, 0.15) is 18.9 Å². The second-order valence-electron chi connectivity index (χ2n) is 4.39. The zero-order chi connectivity index (χ0) is 14.9. The highest BCUT2D eigenvalue weighted by molar-refractivity contribution is 5.88. The first kappa shape index (κ1) is 13.9. The first-order valence-electron chi connectivity index (χ1n) is 5.70. The van der Waals surface area contributed by atoms with Gasteiger partial charge in [-0.3, -0.25) is 15.5 Å². The van der Waals surface area contributed by atoms with Gasteiger partial charge in [-0.2, -0.15) is 10.1 Å². The number of rotatable bonds is 2. The summed E-state index contributed by atoms with van der Waals surface area (Å²) in [6, 6.07) is 4.48. The molecule has 106 valence electrons. The molecule has 9 heteroatoms. The summed E-state index contributed by atoms with van der Waals surface area (Å²) in [5.41, 5.74) is 0.928. The number of nitrogens with zero attached hydrogens (tertiary/aromatic N) is 3. The van der Waals surface area contributed by atoms with Crippen LogP contribution in [0.4, 0.5) is 10.5 Å². The van der Waals surface area contributed by atoms with Crippen LogP contribution in [0.5, 0.6) is 0 Å². The van der Waals surface area contributed by atoms with Gasteiger partial charge in [-0.05, 0) is 19.1 Å². The Morgan fingerprint density at radius 1 is 1.55 bits per heavy atom. The van der Waals surface area contributed by atoms with Gasteiger partial charge in [-0.15, -0.1) is 0 Å². The van der Waals surface area contributed by atoms with Crippen LogP contribution < -0.4 is 11.3 Å². The molecule has 1 aromatic carbocycles. The van der Waals surface area contributed by atoms with Crippen molar-refractivity contribution in [1.82, 2.24) is 10.4 Å². The van der Waals surface area contributed by atoms with Crippen LogP contribution in [0.25, 0.3) is 0 Å². The molecule has 20 heavy (non-hydrogen) atoms. The first-order chi connectivity index (χ1) is 9.38. The van der Waals surface area contributed by atoms with Crippen molar-refractivity contribution in [2.75, 3.05) is 0 Å². The van der Waals surface area contributed by atoms with E-state index in [-0.39, 0.29) is 12.1 Å². The molecule has 0 saturated carbocycles. The van der Waals surface area contributed by atoms with Gasteiger partial charge in [0.1, 0.15) is 0 Å². The summed E-state index contributed by atoms with van der Waals surface area (Å²) in [7, 11) is 0. The Kier molecular flexibility index (Phi) is 3.38. The smallest absolute Gasteiger partial charge is 0.354 e. The molecule has 0 bridgehead atoms. The molecule has 1 aliphatic rings. The van der Waals surface area contributed by atoms with Crippen LogP contribution in [0.2, 0.25) is 0 Å². The van der Waals surface area contributed by atoms with Crippen molar-refractivity contribution in [3.05, 3.63) is 39.9 Å². The summed E-state index contributed by atoms with van der Waals surface area (Å²) < 4.78 is 0. The van der Waals surface area contributed by atoms with E-state index in [1.807, 2.05) is 5.43 Å². The van der Waals surface area contributed by atoms with Crippen molar-refractivity contribution >= 4 is 17.4 Å². The zero-order valence-corrected chi connectivity index (χ0v) is 10.6. The van der Waals surface area contributed by atoms with Gasteiger partial charge >= 0.3 is 6.03 Å². The fourth-order valence-corrected chi connectivity index (χ4v) is 2.07. The number of aliphatic hydroxyl groups is 1. The van der Waals surface area contributed by atoms with E-state index >= 15 is 0 Å². The Balaban J connectivity index is 2.38. The highest BCUT2D eigenvalue weighted by atomic mass is 16.6. The molecular weight excluding hydrogens is 266 g/mol. The molecule has 1 heterocycles. The van der Waals surface area contributed by atoms with Crippen molar-refractivity contribution in [3.63, 3.8) is 0 Å². The van der Waals surface area contributed by atoms with Crippen molar-refractivity contribution in [3.8, 4) is 0 Å². The first-order valence-corrected chi connectivity index (χ1v) is 5.70. The van der Waals surface area contributed by atoms with E-state index in [1.165, 1.54) is 24.3 Å². The van der Waals surface area contributed by atoms with E-state index < -0.39 is 16.7 Å². The Bertz CT molecular complexity index is 585. The molecule has 2 amide bonds. The number of benzene rings is 1. The molecule has 4 N–H and O–H groups in total. The topological polar surface area (TPSA) is 134 Å². The minimum Gasteiger partial charge on any atom is -0.365 e. The lowest BCUT2D eigenvalue weighted by atomic mass is 9.97. The van der Waals surface area contributed by atoms with Gasteiger partial charge in [0, 0.05) is 29.8 Å². The van der Waals surface area contributed by atoms with Crippen LogP contribution >= 0.6 is 0 Å². The van der Waals surface area contributed by atoms with Crippen molar-refractivity contribution in [2.45, 2.75) is 19.1 Å². The molecule has 0 saturated heterocycles. The predicted octanol–water partition coefficient (Wildman–Crippen LogP) is 0.405. The minimum absolute atomic E-state index is 0.0955. The largest absolute Gasteiger partial charge is 0.365 e. The van der Waals surface area contributed by atoms with E-state index in [2.05, 4.69) is 5.10 Å². The number of hydrogen-bond donors (Lipinski definition) is 3. The SMILES string of the molecule is CC1=NN(C(=O)NN)C(O)(c2ccc([N+](=O)[O-])cc2)C1. The second-order valence-corrected chi connectivity index (χ2v) is 4.39. The average Bonchev–Trinajstić information content (AvgIpc) is 2.74. The van der Waals surface area contributed by atoms with Gasteiger partial charge in [0.25, 0.3) is 5.69 Å². The Hall–Kier alpha value is -2.52. The van der Waals surface area contributed by atoms with E-state index in [1.54, 1.807) is 6.92 Å². The lowest BCUT2D eigenvalue weighted by Crippen LogP contribution is -2.49. The summed E-state index contributed by atoms with van der Waals surface area (Å²) in [6.45, 7) is 1.65. The summed E-state index contributed by atoms with van der Waals surface area (Å²) in [5, 5.41) is 26.0. The van der Waals surface area contributed by atoms with Crippen LogP contribution in [-0.2, 0) is 5.72 Å². The highest BCUT2D eigenvalue weighted by Crippen LogP contribution is 2.35. The Morgan fingerprint density at radius 2 is 2.15 bits per heavy atom. The van der Waals surface area contributed by atoms with E-state index in [4.69, 9.17) is 5.84 Å². The summed E-state index contributed by atoms with van der Waals surface area (Å²) in [6.07, 6.45) is 0.0955. The number of nitro benzene ring substituents is 1. The molecule has 1 aromatic rings. The molecule has 0 fully saturated rings. The van der Waals surface area contributed by atoms with Crippen molar-refractivity contribution < 1.29 is 14.8 Å². The number of amides is 2. The highest BCUT2D eigenvalue weighted by Gasteiger charge is 2.45. The quantitative estimate of drug-likeness (QED) is 0.312. The maximum atomic E-state index is 11.6. The number of non-ortho nitro benzene ring substituents is 1. The summed E-state index contributed by atoms with van der Waals surface area (Å²) in [5.74, 6) is 5.05. The number of hydrogen-bond acceptors (Lipinski definition) is 6.